The van der Waals surface area contributed by atoms with E-state index in [0.29, 0.717) is 17.1 Å². The van der Waals surface area contributed by atoms with Gasteiger partial charge >= 0.3 is 0 Å². The number of nitrogens with zero attached hydrogens (tertiary/aromatic N) is 1. The van der Waals surface area contributed by atoms with Crippen molar-refractivity contribution in [2.75, 3.05) is 20.8 Å². The van der Waals surface area contributed by atoms with Crippen LogP contribution < -0.4 is 20.1 Å². The zero-order valence-electron chi connectivity index (χ0n) is 22.8. The summed E-state index contributed by atoms with van der Waals surface area (Å²) >= 11 is 0. The topological polar surface area (TPSA) is 97.0 Å². The number of hydrogen-bond donors (Lipinski definition) is 2. The van der Waals surface area contributed by atoms with Gasteiger partial charge in [0.2, 0.25) is 11.8 Å². The lowest BCUT2D eigenvalue weighted by molar-refractivity contribution is -0.127. The Hall–Kier alpha value is -4.33. The van der Waals surface area contributed by atoms with E-state index in [1.807, 2.05) is 62.4 Å². The fourth-order valence-corrected chi connectivity index (χ4v) is 4.66. The lowest BCUT2D eigenvalue weighted by Crippen LogP contribution is -2.49. The van der Waals surface area contributed by atoms with Crippen LogP contribution in [0, 0.1) is 0 Å². The number of likely N-dealkylation sites (N-methyl/N-ethyl adjacent to an activating group) is 1. The smallest absolute Gasteiger partial charge is 0.254 e. The molecule has 3 aromatic rings. The molecular formula is C31H35N3O5. The SMILES string of the molecule is COc1ccc2c(c1)-c1cccc(c1)C(=O)N(C)[C@H](C(=O)N[C@@H](C)c1ccccc1)CCC(=O)N[C@H](C)CO2. The molecule has 1 aliphatic rings. The molecule has 1 heterocycles. The van der Waals surface area contributed by atoms with Crippen LogP contribution in [0.4, 0.5) is 0 Å². The molecule has 0 saturated heterocycles. The summed E-state index contributed by atoms with van der Waals surface area (Å²) in [5.74, 6) is 0.401. The Morgan fingerprint density at radius 2 is 1.79 bits per heavy atom. The number of rotatable bonds is 4. The van der Waals surface area contributed by atoms with Crippen LogP contribution in [-0.4, -0.2) is 55.5 Å². The van der Waals surface area contributed by atoms with Gasteiger partial charge in [-0.2, -0.15) is 0 Å². The number of ether oxygens (including phenoxy) is 2. The van der Waals surface area contributed by atoms with Crippen molar-refractivity contribution in [3.63, 3.8) is 0 Å². The van der Waals surface area contributed by atoms with E-state index in [2.05, 4.69) is 10.6 Å². The zero-order chi connectivity index (χ0) is 27.9. The fraction of sp³-hybridized carbons (Fsp3) is 0.323. The van der Waals surface area contributed by atoms with Crippen molar-refractivity contribution < 1.29 is 23.9 Å². The Balaban J connectivity index is 1.69. The number of carbonyl (C=O) groups is 3. The molecule has 0 radical (unpaired) electrons. The molecule has 0 spiro atoms. The maximum Gasteiger partial charge on any atom is 0.254 e. The summed E-state index contributed by atoms with van der Waals surface area (Å²) < 4.78 is 11.5. The minimum Gasteiger partial charge on any atom is -0.497 e. The Kier molecular flexibility index (Phi) is 8.86. The first-order valence-corrected chi connectivity index (χ1v) is 13.1. The van der Waals surface area contributed by atoms with Crippen LogP contribution in [0.2, 0.25) is 0 Å². The van der Waals surface area contributed by atoms with Gasteiger partial charge < -0.3 is 25.0 Å². The maximum atomic E-state index is 13.7. The molecule has 39 heavy (non-hydrogen) atoms. The second kappa shape index (κ2) is 12.5. The van der Waals surface area contributed by atoms with E-state index >= 15 is 0 Å². The summed E-state index contributed by atoms with van der Waals surface area (Å²) in [6.45, 7) is 4.01. The highest BCUT2D eigenvalue weighted by Crippen LogP contribution is 2.34. The molecule has 0 unspecified atom stereocenters. The maximum absolute atomic E-state index is 13.7. The van der Waals surface area contributed by atoms with Gasteiger partial charge in [-0.15, -0.1) is 0 Å². The van der Waals surface area contributed by atoms with Gasteiger partial charge in [-0.3, -0.25) is 14.4 Å². The van der Waals surface area contributed by atoms with Gasteiger partial charge in [0.05, 0.1) is 19.2 Å². The lowest BCUT2D eigenvalue weighted by atomic mass is 10.0. The lowest BCUT2D eigenvalue weighted by Gasteiger charge is -2.29. The first-order valence-electron chi connectivity index (χ1n) is 13.1. The average molecular weight is 530 g/mol. The highest BCUT2D eigenvalue weighted by molar-refractivity contribution is 5.98. The third-order valence-electron chi connectivity index (χ3n) is 6.90. The second-order valence-corrected chi connectivity index (χ2v) is 9.83. The largest absolute Gasteiger partial charge is 0.497 e. The minimum atomic E-state index is -0.845. The third kappa shape index (κ3) is 6.76. The van der Waals surface area contributed by atoms with E-state index in [4.69, 9.17) is 9.47 Å². The van der Waals surface area contributed by atoms with Crippen LogP contribution in [0.3, 0.4) is 0 Å². The summed E-state index contributed by atoms with van der Waals surface area (Å²) in [4.78, 5) is 41.4. The van der Waals surface area contributed by atoms with Gasteiger partial charge in [-0.1, -0.05) is 42.5 Å². The van der Waals surface area contributed by atoms with E-state index in [1.54, 1.807) is 38.4 Å². The number of methoxy groups -OCH3 is 1. The van der Waals surface area contributed by atoms with Crippen molar-refractivity contribution in [1.82, 2.24) is 15.5 Å². The normalized spacial score (nSPS) is 18.9. The molecule has 4 rings (SSSR count). The minimum absolute atomic E-state index is 0.0770. The number of nitrogens with one attached hydrogen (secondary N) is 2. The molecule has 204 valence electrons. The molecule has 3 atom stereocenters. The molecular weight excluding hydrogens is 494 g/mol. The summed E-state index contributed by atoms with van der Waals surface area (Å²) in [6.07, 6.45) is 0.250. The molecule has 8 nitrogen and oxygen atoms in total. The van der Waals surface area contributed by atoms with E-state index in [9.17, 15) is 14.4 Å². The van der Waals surface area contributed by atoms with Gasteiger partial charge in [0, 0.05) is 24.6 Å². The van der Waals surface area contributed by atoms with Crippen molar-refractivity contribution in [3.8, 4) is 22.6 Å². The Morgan fingerprint density at radius 3 is 2.54 bits per heavy atom. The standard InChI is InChI=1S/C31H35N3O5/c1-20-19-39-28-15-13-25(38-4)18-26(28)23-11-8-12-24(17-23)31(37)34(3)27(14-16-29(35)32-20)30(36)33-21(2)22-9-6-5-7-10-22/h5-13,15,17-18,20-21,27H,14,16,19H2,1-4H3,(H,32,35)(H,33,36)/t20-,21+,27+/m1/s1. The highest BCUT2D eigenvalue weighted by atomic mass is 16.5. The number of hydrogen-bond acceptors (Lipinski definition) is 5. The Bertz CT molecular complexity index is 1330. The number of carbonyl (C=O) groups excluding carboxylic acids is 3. The van der Waals surface area contributed by atoms with Crippen LogP contribution >= 0.6 is 0 Å². The van der Waals surface area contributed by atoms with Crippen molar-refractivity contribution >= 4 is 17.7 Å². The second-order valence-electron chi connectivity index (χ2n) is 9.83. The monoisotopic (exact) mass is 529 g/mol. The van der Waals surface area contributed by atoms with E-state index < -0.39 is 6.04 Å². The van der Waals surface area contributed by atoms with Crippen molar-refractivity contribution in [3.05, 3.63) is 83.9 Å². The van der Waals surface area contributed by atoms with Crippen molar-refractivity contribution in [2.24, 2.45) is 0 Å². The molecule has 3 amide bonds. The fourth-order valence-electron chi connectivity index (χ4n) is 4.66. The predicted molar refractivity (Wildman–Crippen MR) is 150 cm³/mol. The van der Waals surface area contributed by atoms with Crippen LogP contribution in [0.5, 0.6) is 11.5 Å². The van der Waals surface area contributed by atoms with Crippen molar-refractivity contribution in [2.45, 2.75) is 44.8 Å². The Morgan fingerprint density at radius 1 is 1.05 bits per heavy atom. The molecule has 0 fully saturated rings. The summed E-state index contributed by atoms with van der Waals surface area (Å²) in [6, 6.07) is 20.9. The third-order valence-corrected chi connectivity index (χ3v) is 6.90. The van der Waals surface area contributed by atoms with Gasteiger partial charge in [0.15, 0.2) is 0 Å². The first kappa shape index (κ1) is 27.7. The molecule has 8 heteroatoms. The van der Waals surface area contributed by atoms with Gasteiger partial charge in [0.1, 0.15) is 24.1 Å². The molecule has 0 aromatic heterocycles. The van der Waals surface area contributed by atoms with Crippen LogP contribution in [0.1, 0.15) is 48.7 Å². The average Bonchev–Trinajstić information content (AvgIpc) is 2.95. The van der Waals surface area contributed by atoms with Crippen LogP contribution in [-0.2, 0) is 9.59 Å². The highest BCUT2D eigenvalue weighted by Gasteiger charge is 2.30. The van der Waals surface area contributed by atoms with E-state index in [0.717, 1.165) is 16.7 Å². The quantitative estimate of drug-likeness (QED) is 0.524. The van der Waals surface area contributed by atoms with Gasteiger partial charge in [-0.05, 0) is 61.7 Å². The molecule has 1 aliphatic heterocycles. The molecule has 0 saturated carbocycles. The van der Waals surface area contributed by atoms with Gasteiger partial charge in [-0.25, -0.2) is 0 Å². The number of benzene rings is 3. The number of amides is 3. The van der Waals surface area contributed by atoms with Crippen LogP contribution in [0.25, 0.3) is 11.1 Å². The Labute approximate surface area is 229 Å². The van der Waals surface area contributed by atoms with Crippen molar-refractivity contribution in [1.29, 1.82) is 0 Å². The molecule has 2 bridgehead atoms. The first-order chi connectivity index (χ1) is 18.8. The summed E-state index contributed by atoms with van der Waals surface area (Å²) in [7, 11) is 3.19. The van der Waals surface area contributed by atoms with E-state index in [-0.39, 0.29) is 49.3 Å². The van der Waals surface area contributed by atoms with E-state index in [1.165, 1.54) is 4.90 Å². The number of fused-ring (bicyclic) bond motifs is 4. The summed E-state index contributed by atoms with van der Waals surface area (Å²) in [5, 5.41) is 5.96. The zero-order valence-corrected chi connectivity index (χ0v) is 22.8. The summed E-state index contributed by atoms with van der Waals surface area (Å²) in [5.41, 5.74) is 2.90. The molecule has 2 N–H and O–H groups in total. The molecule has 0 aliphatic carbocycles. The predicted octanol–water partition coefficient (Wildman–Crippen LogP) is 4.36. The molecule has 3 aromatic carbocycles. The van der Waals surface area contributed by atoms with Crippen LogP contribution in [0.15, 0.2) is 72.8 Å². The van der Waals surface area contributed by atoms with Gasteiger partial charge in [0.25, 0.3) is 5.91 Å².